The van der Waals surface area contributed by atoms with Crippen LogP contribution in [-0.4, -0.2) is 18.8 Å². The van der Waals surface area contributed by atoms with Crippen LogP contribution < -0.4 is 5.32 Å². The van der Waals surface area contributed by atoms with Gasteiger partial charge >= 0.3 is 0 Å². The van der Waals surface area contributed by atoms with Gasteiger partial charge in [0, 0.05) is 18.4 Å². The largest absolute Gasteiger partial charge is 0.304 e. The molecule has 0 saturated heterocycles. The fourth-order valence-electron chi connectivity index (χ4n) is 3.73. The first-order chi connectivity index (χ1) is 12.5. The Morgan fingerprint density at radius 3 is 2.54 bits per heavy atom. The summed E-state index contributed by atoms with van der Waals surface area (Å²) in [7, 11) is 0. The van der Waals surface area contributed by atoms with Crippen molar-refractivity contribution in [2.75, 3.05) is 6.54 Å². The van der Waals surface area contributed by atoms with E-state index < -0.39 is 13.0 Å². The van der Waals surface area contributed by atoms with E-state index in [0.717, 1.165) is 16.7 Å². The van der Waals surface area contributed by atoms with E-state index in [4.69, 9.17) is 0 Å². The van der Waals surface area contributed by atoms with Crippen LogP contribution in [0.1, 0.15) is 42.0 Å². The van der Waals surface area contributed by atoms with E-state index in [1.807, 2.05) is 24.3 Å². The summed E-state index contributed by atoms with van der Waals surface area (Å²) in [6.45, 7) is 1.41. The second-order valence-electron chi connectivity index (χ2n) is 6.88. The Bertz CT molecular complexity index is 760. The molecule has 1 aliphatic rings. The van der Waals surface area contributed by atoms with Gasteiger partial charge in [0.25, 0.3) is 6.43 Å². The first-order valence-corrected chi connectivity index (χ1v) is 8.83. The zero-order chi connectivity index (χ0) is 18.7. The summed E-state index contributed by atoms with van der Waals surface area (Å²) in [5, 5.41) is 2.93. The molecule has 138 valence electrons. The minimum atomic E-state index is -2.43. The van der Waals surface area contributed by atoms with Crippen molar-refractivity contribution < 1.29 is 18.0 Å². The Labute approximate surface area is 151 Å². The fraction of sp³-hybridized carbons (Fsp3) is 0.381. The number of benzene rings is 2. The van der Waals surface area contributed by atoms with Gasteiger partial charge in [-0.25, -0.2) is 13.2 Å². The number of hydrogen-bond donors (Lipinski definition) is 1. The number of rotatable bonds is 7. The number of carbonyl (C=O) groups is 1. The van der Waals surface area contributed by atoms with E-state index in [9.17, 15) is 18.0 Å². The lowest BCUT2D eigenvalue weighted by Gasteiger charge is -2.23. The van der Waals surface area contributed by atoms with E-state index in [1.54, 1.807) is 19.1 Å². The SMILES string of the molecule is C[C@H](C(=O)CC1Cc2ccccc2C1NCC(F)F)c1ccc(F)cc1. The van der Waals surface area contributed by atoms with Crippen molar-refractivity contribution in [1.82, 2.24) is 5.32 Å². The molecule has 2 aromatic rings. The van der Waals surface area contributed by atoms with E-state index in [1.165, 1.54) is 12.1 Å². The molecular weight excluding hydrogens is 339 g/mol. The number of alkyl halides is 2. The van der Waals surface area contributed by atoms with Gasteiger partial charge in [0.1, 0.15) is 11.6 Å². The van der Waals surface area contributed by atoms with Gasteiger partial charge in [0.15, 0.2) is 0 Å². The van der Waals surface area contributed by atoms with Crippen molar-refractivity contribution in [3.05, 3.63) is 71.0 Å². The van der Waals surface area contributed by atoms with Gasteiger partial charge in [0.05, 0.1) is 6.54 Å². The first kappa shape index (κ1) is 18.6. The molecule has 3 rings (SSSR count). The molecule has 3 atom stereocenters. The van der Waals surface area contributed by atoms with Crippen molar-refractivity contribution >= 4 is 5.78 Å². The number of halogens is 3. The highest BCUT2D eigenvalue weighted by molar-refractivity contribution is 5.85. The minimum absolute atomic E-state index is 0.0401. The Balaban J connectivity index is 1.72. The van der Waals surface area contributed by atoms with E-state index in [0.29, 0.717) is 12.8 Å². The van der Waals surface area contributed by atoms with Crippen LogP contribution in [0.4, 0.5) is 13.2 Å². The van der Waals surface area contributed by atoms with E-state index >= 15 is 0 Å². The molecule has 0 radical (unpaired) electrons. The first-order valence-electron chi connectivity index (χ1n) is 8.83. The zero-order valence-electron chi connectivity index (χ0n) is 14.6. The molecule has 0 aliphatic heterocycles. The number of hydrogen-bond acceptors (Lipinski definition) is 2. The maximum atomic E-state index is 13.1. The zero-order valence-corrected chi connectivity index (χ0v) is 14.6. The molecule has 5 heteroatoms. The highest BCUT2D eigenvalue weighted by atomic mass is 19.3. The van der Waals surface area contributed by atoms with E-state index in [2.05, 4.69) is 5.32 Å². The van der Waals surface area contributed by atoms with Crippen molar-refractivity contribution in [3.63, 3.8) is 0 Å². The van der Waals surface area contributed by atoms with Crippen LogP contribution in [0.15, 0.2) is 48.5 Å². The highest BCUT2D eigenvalue weighted by Crippen LogP contribution is 2.39. The lowest BCUT2D eigenvalue weighted by atomic mass is 9.87. The molecule has 0 saturated carbocycles. The lowest BCUT2D eigenvalue weighted by Crippen LogP contribution is -2.31. The molecule has 1 N–H and O–H groups in total. The molecule has 0 spiro atoms. The summed E-state index contributed by atoms with van der Waals surface area (Å²) in [5.74, 6) is -0.703. The number of ketones is 1. The Kier molecular flexibility index (Phi) is 5.77. The molecule has 0 aromatic heterocycles. The second-order valence-corrected chi connectivity index (χ2v) is 6.88. The summed E-state index contributed by atoms with van der Waals surface area (Å²) >= 11 is 0. The summed E-state index contributed by atoms with van der Waals surface area (Å²) in [5.41, 5.74) is 2.87. The van der Waals surface area contributed by atoms with Crippen molar-refractivity contribution in [2.45, 2.75) is 38.2 Å². The van der Waals surface area contributed by atoms with Crippen molar-refractivity contribution in [3.8, 4) is 0 Å². The summed E-state index contributed by atoms with van der Waals surface area (Å²) in [6.07, 6.45) is -1.44. The van der Waals surface area contributed by atoms with Crippen LogP contribution in [0.5, 0.6) is 0 Å². The molecule has 0 amide bonds. The Morgan fingerprint density at radius 1 is 1.15 bits per heavy atom. The number of Topliss-reactive ketones (excluding diaryl/α,β-unsaturated/α-hetero) is 1. The topological polar surface area (TPSA) is 29.1 Å². The van der Waals surface area contributed by atoms with Crippen LogP contribution in [0.3, 0.4) is 0 Å². The molecule has 2 unspecified atom stereocenters. The smallest absolute Gasteiger partial charge is 0.250 e. The van der Waals surface area contributed by atoms with Crippen LogP contribution in [-0.2, 0) is 11.2 Å². The monoisotopic (exact) mass is 361 g/mol. The predicted octanol–water partition coefficient (Wildman–Crippen LogP) is 4.66. The maximum Gasteiger partial charge on any atom is 0.250 e. The third-order valence-corrected chi connectivity index (χ3v) is 5.15. The summed E-state index contributed by atoms with van der Waals surface area (Å²) < 4.78 is 38.4. The molecule has 0 bridgehead atoms. The number of carbonyl (C=O) groups excluding carboxylic acids is 1. The van der Waals surface area contributed by atoms with Gasteiger partial charge in [-0.05, 0) is 41.2 Å². The normalized spacial score (nSPS) is 20.2. The summed E-state index contributed by atoms with van der Waals surface area (Å²) in [6, 6.07) is 13.4. The average molecular weight is 361 g/mol. The van der Waals surface area contributed by atoms with Crippen LogP contribution in [0.25, 0.3) is 0 Å². The highest BCUT2D eigenvalue weighted by Gasteiger charge is 2.34. The standard InChI is InChI=1S/C21H22F3NO/c1-13(14-6-8-17(22)9-7-14)19(26)11-16-10-15-4-2-3-5-18(15)21(16)25-12-20(23)24/h2-9,13,16,20-21,25H,10-12H2,1H3/t13-,16?,21?/m0/s1. The van der Waals surface area contributed by atoms with E-state index in [-0.39, 0.29) is 29.5 Å². The third kappa shape index (κ3) is 4.15. The van der Waals surface area contributed by atoms with Gasteiger partial charge in [-0.15, -0.1) is 0 Å². The molecule has 2 nitrogen and oxygen atoms in total. The molecular formula is C21H22F3NO. The second kappa shape index (κ2) is 8.04. The lowest BCUT2D eigenvalue weighted by molar-refractivity contribution is -0.121. The predicted molar refractivity (Wildman–Crippen MR) is 94.8 cm³/mol. The van der Waals surface area contributed by atoms with Crippen LogP contribution >= 0.6 is 0 Å². The Hall–Kier alpha value is -2.14. The third-order valence-electron chi connectivity index (χ3n) is 5.15. The maximum absolute atomic E-state index is 13.1. The van der Waals surface area contributed by atoms with Crippen molar-refractivity contribution in [2.24, 2.45) is 5.92 Å². The molecule has 2 aromatic carbocycles. The molecule has 1 aliphatic carbocycles. The number of nitrogens with one attached hydrogen (secondary N) is 1. The molecule has 0 heterocycles. The fourth-order valence-corrected chi connectivity index (χ4v) is 3.73. The van der Waals surface area contributed by atoms with Gasteiger partial charge < -0.3 is 5.32 Å². The minimum Gasteiger partial charge on any atom is -0.304 e. The Morgan fingerprint density at radius 2 is 1.85 bits per heavy atom. The van der Waals surface area contributed by atoms with Gasteiger partial charge in [-0.3, -0.25) is 4.79 Å². The van der Waals surface area contributed by atoms with Crippen LogP contribution in [0, 0.1) is 11.7 Å². The summed E-state index contributed by atoms with van der Waals surface area (Å²) in [4.78, 5) is 12.7. The van der Waals surface area contributed by atoms with Gasteiger partial charge in [0.2, 0.25) is 0 Å². The quantitative estimate of drug-likeness (QED) is 0.777. The van der Waals surface area contributed by atoms with Crippen LogP contribution in [0.2, 0.25) is 0 Å². The molecule has 0 fully saturated rings. The van der Waals surface area contributed by atoms with Gasteiger partial charge in [-0.1, -0.05) is 43.3 Å². The molecule has 26 heavy (non-hydrogen) atoms. The van der Waals surface area contributed by atoms with Crippen molar-refractivity contribution in [1.29, 1.82) is 0 Å². The average Bonchev–Trinajstić information content (AvgIpc) is 2.97. The number of fused-ring (bicyclic) bond motifs is 1. The van der Waals surface area contributed by atoms with Gasteiger partial charge in [-0.2, -0.15) is 0 Å².